The largest absolute Gasteiger partial charge is 0.423 e. The first-order chi connectivity index (χ1) is 8.19. The van der Waals surface area contributed by atoms with Crippen LogP contribution in [0.1, 0.15) is 13.8 Å². The molecule has 0 saturated heterocycles. The van der Waals surface area contributed by atoms with Crippen molar-refractivity contribution >= 4 is 5.97 Å². The van der Waals surface area contributed by atoms with E-state index in [1.54, 1.807) is 55.5 Å². The number of esters is 1. The fourth-order valence-electron chi connectivity index (χ4n) is 1.02. The fourth-order valence-corrected chi connectivity index (χ4v) is 1.02. The summed E-state index contributed by atoms with van der Waals surface area (Å²) in [6.07, 6.45) is 13.3. The highest BCUT2D eigenvalue weighted by Gasteiger charge is 2.08. The predicted octanol–water partition coefficient (Wildman–Crippen LogP) is 3.86. The molecule has 0 rings (SSSR count). The summed E-state index contributed by atoms with van der Waals surface area (Å²) in [6.45, 7) is 10.7. The minimum atomic E-state index is -0.406. The Morgan fingerprint density at radius 2 is 1.82 bits per heavy atom. The van der Waals surface area contributed by atoms with Gasteiger partial charge < -0.3 is 4.74 Å². The molecule has 0 atom stereocenters. The van der Waals surface area contributed by atoms with Crippen molar-refractivity contribution < 1.29 is 9.53 Å². The Hall–Kier alpha value is -2.09. The lowest BCUT2D eigenvalue weighted by Gasteiger charge is -2.04. The number of hydrogen-bond donors (Lipinski definition) is 0. The molecule has 0 amide bonds. The number of hydrogen-bond acceptors (Lipinski definition) is 2. The molecule has 0 aliphatic rings. The van der Waals surface area contributed by atoms with Crippen LogP contribution in [0.25, 0.3) is 0 Å². The SMILES string of the molecule is C=C/C=C\C(=C/C)C(=O)OC(/C=C\C)=C/C=C. The third-order valence-corrected chi connectivity index (χ3v) is 1.78. The fraction of sp³-hybridized carbons (Fsp3) is 0.133. The first-order valence-electron chi connectivity index (χ1n) is 5.32. The van der Waals surface area contributed by atoms with E-state index in [2.05, 4.69) is 13.2 Å². The van der Waals surface area contributed by atoms with Crippen LogP contribution in [0.4, 0.5) is 0 Å². The van der Waals surface area contributed by atoms with Gasteiger partial charge in [-0.2, -0.15) is 0 Å². The monoisotopic (exact) mass is 230 g/mol. The molecule has 0 saturated carbocycles. The van der Waals surface area contributed by atoms with Crippen molar-refractivity contribution in [3.05, 3.63) is 73.1 Å². The van der Waals surface area contributed by atoms with Crippen LogP contribution in [0.3, 0.4) is 0 Å². The van der Waals surface area contributed by atoms with Gasteiger partial charge in [0.2, 0.25) is 0 Å². The molecule has 2 heteroatoms. The molecule has 0 unspecified atom stereocenters. The molecule has 0 aromatic heterocycles. The molecule has 0 heterocycles. The van der Waals surface area contributed by atoms with Crippen LogP contribution in [-0.4, -0.2) is 5.97 Å². The summed E-state index contributed by atoms with van der Waals surface area (Å²) < 4.78 is 5.19. The zero-order valence-electron chi connectivity index (χ0n) is 10.3. The van der Waals surface area contributed by atoms with E-state index in [0.717, 1.165) is 0 Å². The molecule has 0 aliphatic carbocycles. The minimum absolute atomic E-state index is 0.406. The molecule has 0 spiro atoms. The summed E-state index contributed by atoms with van der Waals surface area (Å²) in [7, 11) is 0. The first-order valence-corrected chi connectivity index (χ1v) is 5.32. The van der Waals surface area contributed by atoms with Crippen LogP contribution in [-0.2, 0) is 9.53 Å². The average Bonchev–Trinajstić information content (AvgIpc) is 2.30. The van der Waals surface area contributed by atoms with Crippen molar-refractivity contribution in [3.8, 4) is 0 Å². The highest BCUT2D eigenvalue weighted by molar-refractivity contribution is 5.92. The second-order valence-electron chi connectivity index (χ2n) is 3.03. The predicted molar refractivity (Wildman–Crippen MR) is 72.3 cm³/mol. The van der Waals surface area contributed by atoms with Gasteiger partial charge in [0, 0.05) is 0 Å². The lowest BCUT2D eigenvalue weighted by molar-refractivity contribution is -0.134. The number of ether oxygens (including phenoxy) is 1. The number of allylic oxidation sites excluding steroid dienone is 7. The number of rotatable bonds is 6. The third-order valence-electron chi connectivity index (χ3n) is 1.78. The van der Waals surface area contributed by atoms with Gasteiger partial charge in [-0.15, -0.1) is 0 Å². The molecular formula is C15H18O2. The zero-order valence-corrected chi connectivity index (χ0v) is 10.3. The molecule has 0 aliphatic heterocycles. The molecule has 17 heavy (non-hydrogen) atoms. The summed E-state index contributed by atoms with van der Waals surface area (Å²) in [6, 6.07) is 0. The summed E-state index contributed by atoms with van der Waals surface area (Å²) in [5.74, 6) is 0.0515. The van der Waals surface area contributed by atoms with Crippen LogP contribution in [0.15, 0.2) is 73.1 Å². The minimum Gasteiger partial charge on any atom is -0.423 e. The lowest BCUT2D eigenvalue weighted by atomic mass is 10.2. The molecular weight excluding hydrogens is 212 g/mol. The molecule has 0 bridgehead atoms. The standard InChI is InChI=1S/C15H18O2/c1-5-9-12-13(8-4)15(16)17-14(10-6-2)11-7-3/h5-12H,1-2H2,3-4H3/b11-7-,12-9-,13-8+,14-10+. The van der Waals surface area contributed by atoms with Crippen LogP contribution >= 0.6 is 0 Å². The maximum Gasteiger partial charge on any atom is 0.343 e. The maximum atomic E-state index is 11.8. The van der Waals surface area contributed by atoms with E-state index < -0.39 is 5.97 Å². The second kappa shape index (κ2) is 9.16. The Bertz CT molecular complexity index is 393. The van der Waals surface area contributed by atoms with Crippen molar-refractivity contribution in [2.24, 2.45) is 0 Å². The van der Waals surface area contributed by atoms with Gasteiger partial charge in [0.15, 0.2) is 0 Å². The number of carbonyl (C=O) groups excluding carboxylic acids is 1. The van der Waals surface area contributed by atoms with Gasteiger partial charge in [-0.25, -0.2) is 4.79 Å². The van der Waals surface area contributed by atoms with Crippen LogP contribution < -0.4 is 0 Å². The lowest BCUT2D eigenvalue weighted by Crippen LogP contribution is -2.05. The molecule has 0 N–H and O–H groups in total. The van der Waals surface area contributed by atoms with E-state index in [-0.39, 0.29) is 0 Å². The van der Waals surface area contributed by atoms with E-state index in [4.69, 9.17) is 4.74 Å². The van der Waals surface area contributed by atoms with Crippen molar-refractivity contribution in [2.45, 2.75) is 13.8 Å². The van der Waals surface area contributed by atoms with Gasteiger partial charge in [0.05, 0.1) is 5.57 Å². The van der Waals surface area contributed by atoms with Crippen molar-refractivity contribution in [1.29, 1.82) is 0 Å². The Kier molecular flexibility index (Phi) is 8.03. The van der Waals surface area contributed by atoms with Crippen molar-refractivity contribution in [2.75, 3.05) is 0 Å². The second-order valence-corrected chi connectivity index (χ2v) is 3.03. The normalized spacial score (nSPS) is 13.1. The van der Waals surface area contributed by atoms with Crippen molar-refractivity contribution in [3.63, 3.8) is 0 Å². The Morgan fingerprint density at radius 1 is 1.12 bits per heavy atom. The summed E-state index contributed by atoms with van der Waals surface area (Å²) >= 11 is 0. The summed E-state index contributed by atoms with van der Waals surface area (Å²) in [5.41, 5.74) is 0.476. The topological polar surface area (TPSA) is 26.3 Å². The molecule has 2 nitrogen and oxygen atoms in total. The van der Waals surface area contributed by atoms with Gasteiger partial charge >= 0.3 is 5.97 Å². The highest BCUT2D eigenvalue weighted by Crippen LogP contribution is 2.07. The number of carbonyl (C=O) groups is 1. The smallest absolute Gasteiger partial charge is 0.343 e. The summed E-state index contributed by atoms with van der Waals surface area (Å²) in [5, 5.41) is 0. The van der Waals surface area contributed by atoms with E-state index >= 15 is 0 Å². The van der Waals surface area contributed by atoms with Crippen LogP contribution in [0.2, 0.25) is 0 Å². The van der Waals surface area contributed by atoms with Gasteiger partial charge in [0.1, 0.15) is 5.76 Å². The van der Waals surface area contributed by atoms with Gasteiger partial charge in [-0.1, -0.05) is 43.5 Å². The maximum absolute atomic E-state index is 11.8. The average molecular weight is 230 g/mol. The molecule has 90 valence electrons. The molecule has 0 aromatic rings. The van der Waals surface area contributed by atoms with Gasteiger partial charge in [0.25, 0.3) is 0 Å². The Balaban J connectivity index is 4.81. The van der Waals surface area contributed by atoms with Crippen molar-refractivity contribution in [1.82, 2.24) is 0 Å². The van der Waals surface area contributed by atoms with E-state index in [1.807, 2.05) is 6.92 Å². The Morgan fingerprint density at radius 3 is 2.29 bits per heavy atom. The van der Waals surface area contributed by atoms with E-state index in [0.29, 0.717) is 11.3 Å². The first kappa shape index (κ1) is 14.9. The molecule has 0 radical (unpaired) electrons. The van der Waals surface area contributed by atoms with E-state index in [1.165, 1.54) is 0 Å². The van der Waals surface area contributed by atoms with Gasteiger partial charge in [-0.3, -0.25) is 0 Å². The molecule has 0 fully saturated rings. The van der Waals surface area contributed by atoms with E-state index in [9.17, 15) is 4.79 Å². The highest BCUT2D eigenvalue weighted by atomic mass is 16.5. The zero-order chi connectivity index (χ0) is 13.1. The Labute approximate surface area is 103 Å². The van der Waals surface area contributed by atoms with Gasteiger partial charge in [-0.05, 0) is 32.1 Å². The van der Waals surface area contributed by atoms with Crippen LogP contribution in [0, 0.1) is 0 Å². The van der Waals surface area contributed by atoms with Crippen LogP contribution in [0.5, 0.6) is 0 Å². The third kappa shape index (κ3) is 6.15. The molecule has 0 aromatic carbocycles. The quantitative estimate of drug-likeness (QED) is 0.300. The summed E-state index contributed by atoms with van der Waals surface area (Å²) in [4.78, 5) is 11.8.